The average molecular weight is 450 g/mol. The number of fused-ring (bicyclic) bond motifs is 2. The maximum absolute atomic E-state index is 11.5. The lowest BCUT2D eigenvalue weighted by atomic mass is 9.91. The molecule has 0 bridgehead atoms. The van der Waals surface area contributed by atoms with Gasteiger partial charge >= 0.3 is 5.97 Å². The Labute approximate surface area is 191 Å². The summed E-state index contributed by atoms with van der Waals surface area (Å²) < 4.78 is 16.3. The molecule has 2 aromatic heterocycles. The number of rotatable bonds is 9. The normalized spacial score (nSPS) is 15.0. The standard InChI is InChI=1S/C25H27N3O5/c29-24(30)13-18(17-7-9-22-23(12-17)32-15-31-22)11-20-14-21(33-28-20)5-1-4-19-8-6-16-3-2-10-26-25(16)27-19/h6-9,12,14,18H,1-5,10-11,13,15H2,(H,26,27)(H,29,30). The van der Waals surface area contributed by atoms with Crippen molar-refractivity contribution < 1.29 is 23.9 Å². The van der Waals surface area contributed by atoms with Gasteiger partial charge < -0.3 is 24.4 Å². The van der Waals surface area contributed by atoms with Gasteiger partial charge in [-0.2, -0.15) is 0 Å². The Morgan fingerprint density at radius 2 is 2.00 bits per heavy atom. The van der Waals surface area contributed by atoms with Crippen LogP contribution in [0.4, 0.5) is 5.82 Å². The van der Waals surface area contributed by atoms with E-state index < -0.39 is 5.97 Å². The molecule has 33 heavy (non-hydrogen) atoms. The van der Waals surface area contributed by atoms with Crippen molar-refractivity contribution in [3.05, 3.63) is 64.7 Å². The van der Waals surface area contributed by atoms with Crippen LogP contribution >= 0.6 is 0 Å². The molecule has 0 radical (unpaired) electrons. The van der Waals surface area contributed by atoms with Crippen molar-refractivity contribution in [2.75, 3.05) is 18.7 Å². The number of hydrogen-bond donors (Lipinski definition) is 2. The highest BCUT2D eigenvalue weighted by molar-refractivity contribution is 5.68. The lowest BCUT2D eigenvalue weighted by Gasteiger charge is -2.17. The Bertz CT molecular complexity index is 1140. The molecule has 1 atom stereocenters. The number of nitrogens with one attached hydrogen (secondary N) is 1. The van der Waals surface area contributed by atoms with Gasteiger partial charge in [0.25, 0.3) is 0 Å². The highest BCUT2D eigenvalue weighted by Crippen LogP contribution is 2.36. The zero-order chi connectivity index (χ0) is 22.6. The minimum Gasteiger partial charge on any atom is -0.481 e. The van der Waals surface area contributed by atoms with E-state index in [2.05, 4.69) is 22.6 Å². The monoisotopic (exact) mass is 449 g/mol. The SMILES string of the molecule is O=C(O)CC(Cc1cc(CCCc2ccc3c(n2)NCCC3)on1)c1ccc2c(c1)OCO2. The summed E-state index contributed by atoms with van der Waals surface area (Å²) in [4.78, 5) is 16.2. The second-order valence-corrected chi connectivity index (χ2v) is 8.59. The molecular weight excluding hydrogens is 422 g/mol. The van der Waals surface area contributed by atoms with Crippen molar-refractivity contribution in [2.45, 2.75) is 50.9 Å². The molecule has 4 heterocycles. The highest BCUT2D eigenvalue weighted by atomic mass is 16.7. The Morgan fingerprint density at radius 1 is 1.09 bits per heavy atom. The van der Waals surface area contributed by atoms with Gasteiger partial charge in [-0.15, -0.1) is 0 Å². The molecule has 5 rings (SSSR count). The minimum absolute atomic E-state index is 0.000128. The summed E-state index contributed by atoms with van der Waals surface area (Å²) in [7, 11) is 0. The third kappa shape index (κ3) is 5.10. The number of aromatic nitrogens is 2. The largest absolute Gasteiger partial charge is 0.481 e. The van der Waals surface area contributed by atoms with Crippen LogP contribution in [-0.4, -0.2) is 34.6 Å². The Morgan fingerprint density at radius 3 is 2.91 bits per heavy atom. The number of carboxylic acids is 1. The summed E-state index contributed by atoms with van der Waals surface area (Å²) in [5.41, 5.74) is 4.01. The van der Waals surface area contributed by atoms with E-state index in [4.69, 9.17) is 19.0 Å². The number of hydrogen-bond acceptors (Lipinski definition) is 7. The van der Waals surface area contributed by atoms with Gasteiger partial charge in [-0.1, -0.05) is 17.3 Å². The van der Waals surface area contributed by atoms with Gasteiger partial charge in [0, 0.05) is 37.1 Å². The Hall–Kier alpha value is -3.55. The number of benzene rings is 1. The number of ether oxygens (including phenoxy) is 2. The van der Waals surface area contributed by atoms with Crippen molar-refractivity contribution in [3.63, 3.8) is 0 Å². The van der Waals surface area contributed by atoms with Gasteiger partial charge in [0.15, 0.2) is 11.5 Å². The average Bonchev–Trinajstić information content (AvgIpc) is 3.47. The predicted molar refractivity (Wildman–Crippen MR) is 121 cm³/mol. The van der Waals surface area contributed by atoms with Gasteiger partial charge in [0.05, 0.1) is 12.1 Å². The van der Waals surface area contributed by atoms with Crippen LogP contribution < -0.4 is 14.8 Å². The van der Waals surface area contributed by atoms with E-state index in [-0.39, 0.29) is 19.1 Å². The number of pyridine rings is 1. The molecule has 8 heteroatoms. The predicted octanol–water partition coefficient (Wildman–Crippen LogP) is 4.13. The third-order valence-corrected chi connectivity index (χ3v) is 6.16. The van der Waals surface area contributed by atoms with E-state index in [1.165, 1.54) is 5.56 Å². The fraction of sp³-hybridized carbons (Fsp3) is 0.400. The van der Waals surface area contributed by atoms with Gasteiger partial charge in [0.2, 0.25) is 6.79 Å². The number of aliphatic carboxylic acids is 1. The molecule has 0 aliphatic carbocycles. The van der Waals surface area contributed by atoms with E-state index in [9.17, 15) is 9.90 Å². The van der Waals surface area contributed by atoms with E-state index in [0.29, 0.717) is 17.9 Å². The van der Waals surface area contributed by atoms with E-state index in [0.717, 1.165) is 67.2 Å². The quantitative estimate of drug-likeness (QED) is 0.502. The molecule has 172 valence electrons. The summed E-state index contributed by atoms with van der Waals surface area (Å²) in [6, 6.07) is 11.8. The van der Waals surface area contributed by atoms with E-state index in [1.807, 2.05) is 24.3 Å². The van der Waals surface area contributed by atoms with Crippen molar-refractivity contribution >= 4 is 11.8 Å². The van der Waals surface area contributed by atoms with Crippen LogP contribution in [0, 0.1) is 0 Å². The van der Waals surface area contributed by atoms with Gasteiger partial charge in [-0.05, 0) is 55.0 Å². The number of carboxylic acid groups (broad SMARTS) is 1. The van der Waals surface area contributed by atoms with Crippen molar-refractivity contribution in [1.29, 1.82) is 0 Å². The summed E-state index contributed by atoms with van der Waals surface area (Å²) >= 11 is 0. The molecule has 0 fully saturated rings. The molecule has 1 aromatic carbocycles. The molecule has 2 aliphatic rings. The first-order valence-corrected chi connectivity index (χ1v) is 11.4. The zero-order valence-corrected chi connectivity index (χ0v) is 18.4. The Balaban J connectivity index is 1.19. The summed E-state index contributed by atoms with van der Waals surface area (Å²) in [5, 5.41) is 17.0. The van der Waals surface area contributed by atoms with Crippen molar-refractivity contribution in [1.82, 2.24) is 10.1 Å². The fourth-order valence-corrected chi connectivity index (χ4v) is 4.46. The highest BCUT2D eigenvalue weighted by Gasteiger charge is 2.22. The van der Waals surface area contributed by atoms with Crippen molar-refractivity contribution in [3.8, 4) is 11.5 Å². The number of aryl methyl sites for hydroxylation is 3. The molecule has 0 spiro atoms. The van der Waals surface area contributed by atoms with Crippen LogP contribution in [0.3, 0.4) is 0 Å². The number of nitrogens with zero attached hydrogens (tertiary/aromatic N) is 2. The van der Waals surface area contributed by atoms with Crippen LogP contribution in [0.5, 0.6) is 11.5 Å². The molecule has 8 nitrogen and oxygen atoms in total. The van der Waals surface area contributed by atoms with Gasteiger partial charge in [0.1, 0.15) is 11.6 Å². The molecule has 0 amide bonds. The van der Waals surface area contributed by atoms with Crippen LogP contribution in [0.1, 0.15) is 53.5 Å². The third-order valence-electron chi connectivity index (χ3n) is 6.16. The van der Waals surface area contributed by atoms with E-state index in [1.54, 1.807) is 0 Å². The van der Waals surface area contributed by atoms with Crippen LogP contribution in [0.25, 0.3) is 0 Å². The number of carbonyl (C=O) groups is 1. The molecule has 0 saturated heterocycles. The maximum atomic E-state index is 11.5. The van der Waals surface area contributed by atoms with Gasteiger partial charge in [-0.25, -0.2) is 4.98 Å². The maximum Gasteiger partial charge on any atom is 0.303 e. The fourth-order valence-electron chi connectivity index (χ4n) is 4.46. The molecule has 2 N–H and O–H groups in total. The lowest BCUT2D eigenvalue weighted by Crippen LogP contribution is -2.14. The second kappa shape index (κ2) is 9.52. The van der Waals surface area contributed by atoms with Crippen LogP contribution in [-0.2, 0) is 30.5 Å². The number of anilines is 1. The Kier molecular flexibility index (Phi) is 6.15. The first kappa shape index (κ1) is 21.3. The lowest BCUT2D eigenvalue weighted by molar-refractivity contribution is -0.137. The molecule has 0 saturated carbocycles. The zero-order valence-electron chi connectivity index (χ0n) is 18.4. The summed E-state index contributed by atoms with van der Waals surface area (Å²) in [6.07, 6.45) is 5.25. The topological polar surface area (TPSA) is 107 Å². The molecule has 1 unspecified atom stereocenters. The summed E-state index contributed by atoms with van der Waals surface area (Å²) in [6.45, 7) is 1.17. The summed E-state index contributed by atoms with van der Waals surface area (Å²) in [5.74, 6) is 2.07. The first-order valence-electron chi connectivity index (χ1n) is 11.4. The molecule has 2 aliphatic heterocycles. The molecule has 3 aromatic rings. The second-order valence-electron chi connectivity index (χ2n) is 8.59. The first-order chi connectivity index (χ1) is 16.1. The molecular formula is C25H27N3O5. The van der Waals surface area contributed by atoms with Crippen LogP contribution in [0.2, 0.25) is 0 Å². The van der Waals surface area contributed by atoms with Gasteiger partial charge in [-0.3, -0.25) is 4.79 Å². The van der Waals surface area contributed by atoms with E-state index >= 15 is 0 Å². The smallest absolute Gasteiger partial charge is 0.303 e. The van der Waals surface area contributed by atoms with Crippen LogP contribution in [0.15, 0.2) is 40.9 Å². The minimum atomic E-state index is -0.853. The van der Waals surface area contributed by atoms with Crippen molar-refractivity contribution in [2.24, 2.45) is 0 Å².